The molecular weight excluding hydrogens is 278 g/mol. The second kappa shape index (κ2) is 6.17. The molecule has 2 N–H and O–H groups in total. The van der Waals surface area contributed by atoms with E-state index in [-0.39, 0.29) is 5.91 Å². The summed E-state index contributed by atoms with van der Waals surface area (Å²) in [5.41, 5.74) is 2.02. The fourth-order valence-electron chi connectivity index (χ4n) is 1.99. The lowest BCUT2D eigenvalue weighted by molar-refractivity contribution is -0.116. The maximum absolute atomic E-state index is 12.2. The Morgan fingerprint density at radius 1 is 1.05 bits per heavy atom. The number of benzene rings is 1. The molecule has 2 aromatic heterocycles. The van der Waals surface area contributed by atoms with E-state index in [1.165, 1.54) is 0 Å². The molecule has 2 heterocycles. The molecule has 0 radical (unpaired) electrons. The summed E-state index contributed by atoms with van der Waals surface area (Å²) in [7, 11) is 0. The Morgan fingerprint density at radius 2 is 1.82 bits per heavy atom. The number of carbonyl (C=O) groups is 1. The molecule has 0 saturated heterocycles. The summed E-state index contributed by atoms with van der Waals surface area (Å²) in [4.78, 5) is 24.8. The summed E-state index contributed by atoms with van der Waals surface area (Å²) in [6.07, 6.45) is 3.21. The van der Waals surface area contributed by atoms with Gasteiger partial charge in [-0.15, -0.1) is 0 Å². The molecule has 1 atom stereocenters. The first-order valence-corrected chi connectivity index (χ1v) is 6.92. The third kappa shape index (κ3) is 3.17. The van der Waals surface area contributed by atoms with Crippen LogP contribution in [0.3, 0.4) is 0 Å². The Kier molecular flexibility index (Phi) is 3.91. The molecule has 1 amide bonds. The van der Waals surface area contributed by atoms with Gasteiger partial charge in [-0.25, -0.2) is 9.97 Å². The van der Waals surface area contributed by atoms with Crippen molar-refractivity contribution < 1.29 is 4.79 Å². The number of hydrogen-bond donors (Lipinski definition) is 2. The molecule has 0 aliphatic rings. The lowest BCUT2D eigenvalue weighted by atomic mass is 10.2. The molecule has 0 bridgehead atoms. The average molecular weight is 293 g/mol. The van der Waals surface area contributed by atoms with Crippen molar-refractivity contribution >= 4 is 28.6 Å². The minimum absolute atomic E-state index is 0.132. The summed E-state index contributed by atoms with van der Waals surface area (Å²) in [6, 6.07) is 12.5. The normalized spacial score (nSPS) is 11.9. The van der Waals surface area contributed by atoms with Gasteiger partial charge in [-0.1, -0.05) is 18.2 Å². The number of nitrogens with one attached hydrogen (secondary N) is 2. The quantitative estimate of drug-likeness (QED) is 0.772. The van der Waals surface area contributed by atoms with Crippen LogP contribution in [0.15, 0.2) is 54.9 Å². The van der Waals surface area contributed by atoms with E-state index >= 15 is 0 Å². The molecule has 0 fully saturated rings. The monoisotopic (exact) mass is 293 g/mol. The van der Waals surface area contributed by atoms with Crippen molar-refractivity contribution in [2.24, 2.45) is 0 Å². The summed E-state index contributed by atoms with van der Waals surface area (Å²) in [6.45, 7) is 1.78. The van der Waals surface area contributed by atoms with Crippen LogP contribution in [-0.2, 0) is 4.79 Å². The molecule has 6 nitrogen and oxygen atoms in total. The van der Waals surface area contributed by atoms with Gasteiger partial charge in [0.15, 0.2) is 5.65 Å². The molecule has 0 saturated carbocycles. The largest absolute Gasteiger partial charge is 0.359 e. The Hall–Kier alpha value is -3.02. The Bertz CT molecular complexity index is 791. The molecule has 0 aliphatic heterocycles. The number of rotatable bonds is 4. The summed E-state index contributed by atoms with van der Waals surface area (Å²) >= 11 is 0. The number of pyridine rings is 1. The summed E-state index contributed by atoms with van der Waals surface area (Å²) in [5.74, 6) is 0.455. The Labute approximate surface area is 127 Å². The van der Waals surface area contributed by atoms with Crippen LogP contribution in [0.1, 0.15) is 6.92 Å². The molecule has 0 aliphatic carbocycles. The summed E-state index contributed by atoms with van der Waals surface area (Å²) in [5, 5.41) is 5.91. The number of fused-ring (bicyclic) bond motifs is 1. The van der Waals surface area contributed by atoms with Gasteiger partial charge in [-0.3, -0.25) is 9.78 Å². The number of carbonyl (C=O) groups excluding carboxylic acids is 1. The minimum Gasteiger partial charge on any atom is -0.359 e. The van der Waals surface area contributed by atoms with Crippen molar-refractivity contribution in [1.29, 1.82) is 0 Å². The van der Waals surface area contributed by atoms with Crippen LogP contribution < -0.4 is 10.6 Å². The average Bonchev–Trinajstić information content (AvgIpc) is 2.55. The molecule has 6 heteroatoms. The lowest BCUT2D eigenvalue weighted by Crippen LogP contribution is -2.32. The van der Waals surface area contributed by atoms with Crippen LogP contribution in [0.5, 0.6) is 0 Å². The van der Waals surface area contributed by atoms with Gasteiger partial charge in [0.05, 0.1) is 0 Å². The highest BCUT2D eigenvalue weighted by Crippen LogP contribution is 2.12. The number of nitrogens with zero attached hydrogens (tertiary/aromatic N) is 3. The van der Waals surface area contributed by atoms with E-state index in [4.69, 9.17) is 0 Å². The van der Waals surface area contributed by atoms with E-state index in [1.54, 1.807) is 25.4 Å². The van der Waals surface area contributed by atoms with Gasteiger partial charge in [-0.05, 0) is 31.2 Å². The van der Waals surface area contributed by atoms with E-state index in [0.29, 0.717) is 11.5 Å². The van der Waals surface area contributed by atoms with E-state index < -0.39 is 6.04 Å². The van der Waals surface area contributed by atoms with Gasteiger partial charge in [-0.2, -0.15) is 0 Å². The zero-order valence-corrected chi connectivity index (χ0v) is 12.0. The van der Waals surface area contributed by atoms with Crippen molar-refractivity contribution in [3.8, 4) is 0 Å². The predicted molar refractivity (Wildman–Crippen MR) is 85.5 cm³/mol. The van der Waals surface area contributed by atoms with Gasteiger partial charge >= 0.3 is 0 Å². The van der Waals surface area contributed by atoms with Crippen molar-refractivity contribution in [2.75, 3.05) is 10.6 Å². The molecule has 110 valence electrons. The van der Waals surface area contributed by atoms with Gasteiger partial charge < -0.3 is 10.6 Å². The topological polar surface area (TPSA) is 79.8 Å². The molecule has 3 rings (SSSR count). The van der Waals surface area contributed by atoms with Crippen molar-refractivity contribution in [3.05, 3.63) is 54.9 Å². The zero-order chi connectivity index (χ0) is 15.4. The van der Waals surface area contributed by atoms with Gasteiger partial charge in [0.25, 0.3) is 0 Å². The van der Waals surface area contributed by atoms with Crippen LogP contribution in [0, 0.1) is 0 Å². The number of amides is 1. The highest BCUT2D eigenvalue weighted by atomic mass is 16.2. The highest BCUT2D eigenvalue weighted by Gasteiger charge is 2.13. The number of hydrogen-bond acceptors (Lipinski definition) is 5. The van der Waals surface area contributed by atoms with Gasteiger partial charge in [0, 0.05) is 18.1 Å². The maximum Gasteiger partial charge on any atom is 0.246 e. The molecule has 1 aromatic carbocycles. The van der Waals surface area contributed by atoms with Crippen LogP contribution in [0.4, 0.5) is 11.5 Å². The van der Waals surface area contributed by atoms with E-state index in [0.717, 1.165) is 11.2 Å². The van der Waals surface area contributed by atoms with Gasteiger partial charge in [0.1, 0.15) is 17.4 Å². The number of para-hydroxylation sites is 1. The van der Waals surface area contributed by atoms with Crippen molar-refractivity contribution in [2.45, 2.75) is 13.0 Å². The third-order valence-electron chi connectivity index (χ3n) is 3.13. The maximum atomic E-state index is 12.2. The molecule has 0 spiro atoms. The smallest absolute Gasteiger partial charge is 0.246 e. The van der Waals surface area contributed by atoms with Crippen molar-refractivity contribution in [3.63, 3.8) is 0 Å². The highest BCUT2D eigenvalue weighted by molar-refractivity contribution is 5.96. The Morgan fingerprint density at radius 3 is 2.64 bits per heavy atom. The van der Waals surface area contributed by atoms with Crippen LogP contribution >= 0.6 is 0 Å². The molecule has 22 heavy (non-hydrogen) atoms. The number of aromatic nitrogens is 3. The van der Waals surface area contributed by atoms with Gasteiger partial charge in [0.2, 0.25) is 5.91 Å². The summed E-state index contributed by atoms with van der Waals surface area (Å²) < 4.78 is 0. The first-order valence-electron chi connectivity index (χ1n) is 6.92. The molecular formula is C16H15N5O. The predicted octanol–water partition coefficient (Wildman–Crippen LogP) is 2.46. The first kappa shape index (κ1) is 13.9. The van der Waals surface area contributed by atoms with Crippen molar-refractivity contribution in [1.82, 2.24) is 15.0 Å². The first-order chi connectivity index (χ1) is 10.7. The molecule has 3 aromatic rings. The van der Waals surface area contributed by atoms with Crippen LogP contribution in [0.2, 0.25) is 0 Å². The van der Waals surface area contributed by atoms with E-state index in [2.05, 4.69) is 25.6 Å². The minimum atomic E-state index is -0.429. The van der Waals surface area contributed by atoms with Crippen LogP contribution in [-0.4, -0.2) is 26.9 Å². The lowest BCUT2D eigenvalue weighted by Gasteiger charge is -2.14. The number of anilines is 2. The fraction of sp³-hybridized carbons (Fsp3) is 0.125. The second-order valence-corrected chi connectivity index (χ2v) is 4.82. The zero-order valence-electron chi connectivity index (χ0n) is 12.0. The Balaban J connectivity index is 1.69. The third-order valence-corrected chi connectivity index (χ3v) is 3.13. The second-order valence-electron chi connectivity index (χ2n) is 4.82. The standard InChI is InChI=1S/C16H15N5O/c1-11(16(22)20-12-5-3-2-4-6-12)19-14-8-7-13-15(21-14)18-10-9-17-13/h2-11H,1H3,(H,20,22)(H,18,19,21). The van der Waals surface area contributed by atoms with Crippen LogP contribution in [0.25, 0.3) is 11.2 Å². The van der Waals surface area contributed by atoms with E-state index in [9.17, 15) is 4.79 Å². The SMILES string of the molecule is CC(Nc1ccc2nccnc2n1)C(=O)Nc1ccccc1. The van der Waals surface area contributed by atoms with E-state index in [1.807, 2.05) is 36.4 Å². The molecule has 1 unspecified atom stereocenters. The fourth-order valence-corrected chi connectivity index (χ4v) is 1.99.